The lowest BCUT2D eigenvalue weighted by Gasteiger charge is -2.36. The summed E-state index contributed by atoms with van der Waals surface area (Å²) in [5.74, 6) is 0.277. The number of nitrogens with one attached hydrogen (secondary N) is 1. The van der Waals surface area contributed by atoms with Gasteiger partial charge in [0.1, 0.15) is 6.54 Å². The molecule has 10 heteroatoms. The highest BCUT2D eigenvalue weighted by Gasteiger charge is 2.23. The third-order valence-corrected chi connectivity index (χ3v) is 6.19. The molecule has 1 amide bonds. The molecule has 5 rings (SSSR count). The molecule has 2 aromatic carbocycles. The minimum absolute atomic E-state index is 0.215. The molecule has 9 nitrogen and oxygen atoms in total. The Labute approximate surface area is 201 Å². The lowest BCUT2D eigenvalue weighted by molar-refractivity contribution is -0.117. The third kappa shape index (κ3) is 4.34. The van der Waals surface area contributed by atoms with Crippen LogP contribution in [-0.2, 0) is 11.3 Å². The van der Waals surface area contributed by atoms with Crippen molar-refractivity contribution >= 4 is 40.3 Å². The fourth-order valence-electron chi connectivity index (χ4n) is 4.13. The van der Waals surface area contributed by atoms with Gasteiger partial charge in [-0.2, -0.15) is 0 Å². The molecule has 34 heavy (non-hydrogen) atoms. The van der Waals surface area contributed by atoms with E-state index in [0.29, 0.717) is 22.2 Å². The number of anilines is 3. The molecule has 1 aliphatic heterocycles. The topological polar surface area (TPSA) is 87.8 Å². The maximum Gasteiger partial charge on any atom is 0.350 e. The van der Waals surface area contributed by atoms with E-state index in [9.17, 15) is 9.59 Å². The van der Waals surface area contributed by atoms with Crippen molar-refractivity contribution in [2.24, 2.45) is 0 Å². The largest absolute Gasteiger partial charge is 0.368 e. The first-order valence-corrected chi connectivity index (χ1v) is 11.4. The molecule has 4 aromatic rings. The van der Waals surface area contributed by atoms with Crippen LogP contribution in [0.2, 0.25) is 5.02 Å². The fourth-order valence-corrected chi connectivity index (χ4v) is 4.30. The Hall–Kier alpha value is -3.85. The van der Waals surface area contributed by atoms with Gasteiger partial charge in [0.25, 0.3) is 0 Å². The van der Waals surface area contributed by atoms with Gasteiger partial charge in [0.05, 0.1) is 0 Å². The number of nitrogens with zero attached hydrogens (tertiary/aromatic N) is 6. The van der Waals surface area contributed by atoms with Crippen molar-refractivity contribution in [2.45, 2.75) is 13.5 Å². The Balaban J connectivity index is 1.34. The lowest BCUT2D eigenvalue weighted by Crippen LogP contribution is -2.47. The van der Waals surface area contributed by atoms with E-state index in [1.165, 1.54) is 10.1 Å². The number of hydrogen-bond acceptors (Lipinski definition) is 6. The number of amides is 1. The second kappa shape index (κ2) is 9.18. The number of aromatic nitrogens is 4. The van der Waals surface area contributed by atoms with Crippen LogP contribution in [0.25, 0.3) is 5.65 Å². The Morgan fingerprint density at radius 1 is 1.06 bits per heavy atom. The van der Waals surface area contributed by atoms with E-state index in [-0.39, 0.29) is 18.1 Å². The van der Waals surface area contributed by atoms with Gasteiger partial charge in [0, 0.05) is 55.0 Å². The van der Waals surface area contributed by atoms with Gasteiger partial charge in [-0.05, 0) is 36.8 Å². The second-order valence-corrected chi connectivity index (χ2v) is 8.64. The zero-order chi connectivity index (χ0) is 23.7. The van der Waals surface area contributed by atoms with Crippen LogP contribution in [0.3, 0.4) is 0 Å². The summed E-state index contributed by atoms with van der Waals surface area (Å²) >= 11 is 6.04. The van der Waals surface area contributed by atoms with Gasteiger partial charge >= 0.3 is 5.69 Å². The molecule has 0 aliphatic carbocycles. The van der Waals surface area contributed by atoms with Gasteiger partial charge in [-0.15, -0.1) is 5.10 Å². The Kier molecular flexibility index (Phi) is 5.93. The zero-order valence-corrected chi connectivity index (χ0v) is 19.4. The van der Waals surface area contributed by atoms with Gasteiger partial charge in [0.15, 0.2) is 5.82 Å². The molecule has 0 unspecified atom stereocenters. The molecule has 3 heterocycles. The summed E-state index contributed by atoms with van der Waals surface area (Å²) in [6.45, 7) is 4.82. The second-order valence-electron chi connectivity index (χ2n) is 8.20. The van der Waals surface area contributed by atoms with E-state index >= 15 is 0 Å². The van der Waals surface area contributed by atoms with Gasteiger partial charge in [-0.3, -0.25) is 4.79 Å². The van der Waals surface area contributed by atoms with Gasteiger partial charge in [-0.1, -0.05) is 35.9 Å². The van der Waals surface area contributed by atoms with Crippen LogP contribution in [0, 0.1) is 6.92 Å². The highest BCUT2D eigenvalue weighted by molar-refractivity contribution is 6.31. The summed E-state index contributed by atoms with van der Waals surface area (Å²) in [6, 6.07) is 15.5. The SMILES string of the molecule is Cc1ccc(Cl)cc1NC(=O)Cn1nc2c(N3CCN(c4ccccc4)CC3)nccn2c1=O. The maximum atomic E-state index is 12.9. The van der Waals surface area contributed by atoms with Crippen molar-refractivity contribution in [3.8, 4) is 0 Å². The van der Waals surface area contributed by atoms with E-state index in [2.05, 4.69) is 37.3 Å². The van der Waals surface area contributed by atoms with Crippen LogP contribution in [0.1, 0.15) is 5.56 Å². The fraction of sp³-hybridized carbons (Fsp3) is 0.250. The molecule has 0 atom stereocenters. The van der Waals surface area contributed by atoms with E-state index < -0.39 is 0 Å². The third-order valence-electron chi connectivity index (χ3n) is 5.95. The first kappa shape index (κ1) is 22.0. The molecular weight excluding hydrogens is 454 g/mol. The number of piperazine rings is 1. The normalized spacial score (nSPS) is 13.9. The predicted molar refractivity (Wildman–Crippen MR) is 133 cm³/mol. The number of benzene rings is 2. The molecule has 1 aliphatic rings. The highest BCUT2D eigenvalue weighted by Crippen LogP contribution is 2.22. The molecule has 0 spiro atoms. The summed E-state index contributed by atoms with van der Waals surface area (Å²) < 4.78 is 2.60. The zero-order valence-electron chi connectivity index (χ0n) is 18.7. The van der Waals surface area contributed by atoms with Crippen LogP contribution in [0.4, 0.5) is 17.2 Å². The number of rotatable bonds is 5. The van der Waals surface area contributed by atoms with Crippen molar-refractivity contribution in [1.29, 1.82) is 0 Å². The van der Waals surface area contributed by atoms with Crippen molar-refractivity contribution in [1.82, 2.24) is 19.2 Å². The molecule has 0 bridgehead atoms. The Morgan fingerprint density at radius 3 is 2.56 bits per heavy atom. The van der Waals surface area contributed by atoms with E-state index in [1.807, 2.05) is 31.2 Å². The Morgan fingerprint density at radius 2 is 1.79 bits per heavy atom. The van der Waals surface area contributed by atoms with Crippen molar-refractivity contribution in [2.75, 3.05) is 41.3 Å². The predicted octanol–water partition coefficient (Wildman–Crippen LogP) is 2.82. The summed E-state index contributed by atoms with van der Waals surface area (Å²) in [7, 11) is 0. The first-order chi connectivity index (χ1) is 16.5. The molecule has 174 valence electrons. The average Bonchev–Trinajstić information content (AvgIpc) is 3.17. The smallest absolute Gasteiger partial charge is 0.350 e. The minimum atomic E-state index is -0.389. The molecule has 2 aromatic heterocycles. The molecule has 0 radical (unpaired) electrons. The molecule has 1 saturated heterocycles. The number of fused-ring (bicyclic) bond motifs is 1. The van der Waals surface area contributed by atoms with Gasteiger partial charge in [-0.25, -0.2) is 18.9 Å². The van der Waals surface area contributed by atoms with Crippen LogP contribution < -0.4 is 20.8 Å². The Bertz CT molecular complexity index is 1390. The molecule has 1 fully saturated rings. The van der Waals surface area contributed by atoms with Crippen LogP contribution >= 0.6 is 11.6 Å². The van der Waals surface area contributed by atoms with Crippen molar-refractivity contribution in [3.05, 3.63) is 82.0 Å². The summed E-state index contributed by atoms with van der Waals surface area (Å²) in [4.78, 5) is 34.5. The standard InChI is InChI=1S/C24H24ClN7O2/c1-17-7-8-18(25)15-20(17)27-21(33)16-32-24(34)31-10-9-26-22(23(31)28-32)30-13-11-29(12-14-30)19-5-3-2-4-6-19/h2-10,15H,11-14,16H2,1H3,(H,27,33). The number of para-hydroxylation sites is 1. The molecular formula is C24H24ClN7O2. The van der Waals surface area contributed by atoms with Crippen LogP contribution in [0.15, 0.2) is 65.7 Å². The summed E-state index contributed by atoms with van der Waals surface area (Å²) in [6.07, 6.45) is 3.17. The van der Waals surface area contributed by atoms with E-state index in [1.54, 1.807) is 24.5 Å². The minimum Gasteiger partial charge on any atom is -0.368 e. The molecule has 1 N–H and O–H groups in total. The quantitative estimate of drug-likeness (QED) is 0.475. The van der Waals surface area contributed by atoms with E-state index in [0.717, 1.165) is 36.4 Å². The number of aryl methyl sites for hydroxylation is 1. The van der Waals surface area contributed by atoms with Crippen LogP contribution in [-0.4, -0.2) is 51.3 Å². The van der Waals surface area contributed by atoms with Gasteiger partial charge in [0.2, 0.25) is 11.6 Å². The maximum absolute atomic E-state index is 12.9. The summed E-state index contributed by atoms with van der Waals surface area (Å²) in [5.41, 5.74) is 2.72. The van der Waals surface area contributed by atoms with Crippen molar-refractivity contribution < 1.29 is 4.79 Å². The average molecular weight is 478 g/mol. The molecule has 0 saturated carbocycles. The van der Waals surface area contributed by atoms with Crippen LogP contribution in [0.5, 0.6) is 0 Å². The van der Waals surface area contributed by atoms with Crippen molar-refractivity contribution in [3.63, 3.8) is 0 Å². The van der Waals surface area contributed by atoms with E-state index in [4.69, 9.17) is 11.6 Å². The first-order valence-electron chi connectivity index (χ1n) is 11.0. The lowest BCUT2D eigenvalue weighted by atomic mass is 10.2. The highest BCUT2D eigenvalue weighted by atomic mass is 35.5. The number of hydrogen-bond donors (Lipinski definition) is 1. The van der Waals surface area contributed by atoms with Gasteiger partial charge < -0.3 is 15.1 Å². The number of carbonyl (C=O) groups excluding carboxylic acids is 1. The number of halogens is 1. The number of carbonyl (C=O) groups is 1. The summed E-state index contributed by atoms with van der Waals surface area (Å²) in [5, 5.41) is 7.78. The monoisotopic (exact) mass is 477 g/mol.